The van der Waals surface area contributed by atoms with E-state index in [-0.39, 0.29) is 0 Å². The number of nitrogens with zero attached hydrogens (tertiary/aromatic N) is 4. The number of aromatic nitrogens is 2. The van der Waals surface area contributed by atoms with Crippen molar-refractivity contribution in [2.45, 2.75) is 0 Å². The van der Waals surface area contributed by atoms with Crippen LogP contribution in [0, 0.1) is 13.1 Å². The van der Waals surface area contributed by atoms with Gasteiger partial charge in [0, 0.05) is 16.5 Å². The zero-order chi connectivity index (χ0) is 31.0. The predicted molar refractivity (Wildman–Crippen MR) is 189 cm³/mol. The highest BCUT2D eigenvalue weighted by molar-refractivity contribution is 6.07. The molecule has 0 atom stereocenters. The van der Waals surface area contributed by atoms with Crippen LogP contribution in [0.5, 0.6) is 0 Å². The van der Waals surface area contributed by atoms with Crippen molar-refractivity contribution in [1.82, 2.24) is 9.97 Å². The van der Waals surface area contributed by atoms with Gasteiger partial charge in [0.1, 0.15) is 0 Å². The smallest absolute Gasteiger partial charge is 0.177 e. The van der Waals surface area contributed by atoms with Crippen LogP contribution in [0.3, 0.4) is 0 Å². The van der Waals surface area contributed by atoms with E-state index < -0.39 is 0 Å². The molecule has 212 valence electrons. The van der Waals surface area contributed by atoms with E-state index in [4.69, 9.17) is 23.1 Å². The van der Waals surface area contributed by atoms with Gasteiger partial charge in [-0.25, -0.2) is 19.7 Å². The van der Waals surface area contributed by atoms with Crippen molar-refractivity contribution in [2.24, 2.45) is 0 Å². The Hall–Kier alpha value is -6.62. The first kappa shape index (κ1) is 27.0. The molecule has 0 unspecified atom stereocenters. The van der Waals surface area contributed by atoms with Gasteiger partial charge in [0.05, 0.1) is 24.4 Å². The van der Waals surface area contributed by atoms with Gasteiger partial charge in [0.25, 0.3) is 0 Å². The van der Waals surface area contributed by atoms with Gasteiger partial charge >= 0.3 is 0 Å². The highest BCUT2D eigenvalue weighted by atomic mass is 14.9. The normalized spacial score (nSPS) is 11.0. The lowest BCUT2D eigenvalue weighted by atomic mass is 9.93. The molecule has 0 saturated heterocycles. The number of benzene rings is 7. The zero-order valence-corrected chi connectivity index (χ0v) is 24.6. The third-order valence-corrected chi connectivity index (χ3v) is 8.50. The summed E-state index contributed by atoms with van der Waals surface area (Å²) in [6.45, 7) is 14.8. The lowest BCUT2D eigenvalue weighted by Crippen LogP contribution is -1.97. The highest BCUT2D eigenvalue weighted by Crippen LogP contribution is 2.39. The van der Waals surface area contributed by atoms with Crippen LogP contribution >= 0.6 is 0 Å². The van der Waals surface area contributed by atoms with Gasteiger partial charge in [-0.3, -0.25) is 0 Å². The van der Waals surface area contributed by atoms with Crippen LogP contribution < -0.4 is 0 Å². The second-order valence-corrected chi connectivity index (χ2v) is 11.2. The van der Waals surface area contributed by atoms with E-state index in [0.29, 0.717) is 17.2 Å². The van der Waals surface area contributed by atoms with Crippen LogP contribution in [0.15, 0.2) is 146 Å². The van der Waals surface area contributed by atoms with Crippen LogP contribution in [0.25, 0.3) is 87.0 Å². The molecule has 8 aromatic rings. The molecule has 0 aliphatic carbocycles. The third-order valence-electron chi connectivity index (χ3n) is 8.50. The van der Waals surface area contributed by atoms with E-state index in [2.05, 4.69) is 125 Å². The van der Waals surface area contributed by atoms with E-state index >= 15 is 0 Å². The molecular formula is C42H24N4. The maximum absolute atomic E-state index is 7.42. The summed E-state index contributed by atoms with van der Waals surface area (Å²) in [4.78, 5) is 17.4. The average molecular weight is 585 g/mol. The standard InChI is InChI=1S/C42H24N4/c1-43-31-24-30(25-32(26-31)44-2)27-18-20-29(21-19-27)34-22-23-38(36-14-6-5-13-35(34)36)42-45-40-17-8-7-15-39(40)41(46-42)37-16-9-11-28-10-3-4-12-33(28)37/h3-26H. The molecule has 4 heteroatoms. The zero-order valence-electron chi connectivity index (χ0n) is 24.6. The Balaban J connectivity index is 1.27. The van der Waals surface area contributed by atoms with Crippen molar-refractivity contribution in [2.75, 3.05) is 0 Å². The number of fused-ring (bicyclic) bond motifs is 3. The predicted octanol–water partition coefficient (Wildman–Crippen LogP) is 11.7. The molecule has 7 aromatic carbocycles. The summed E-state index contributed by atoms with van der Waals surface area (Å²) in [7, 11) is 0. The molecule has 0 fully saturated rings. The molecule has 1 heterocycles. The molecule has 1 aromatic heterocycles. The van der Waals surface area contributed by atoms with E-state index in [1.165, 1.54) is 5.39 Å². The average Bonchev–Trinajstić information content (AvgIpc) is 3.13. The summed E-state index contributed by atoms with van der Waals surface area (Å²) in [5.74, 6) is 0.690. The number of hydrogen-bond acceptors (Lipinski definition) is 2. The van der Waals surface area contributed by atoms with Crippen LogP contribution in [0.4, 0.5) is 11.4 Å². The van der Waals surface area contributed by atoms with Crippen molar-refractivity contribution in [1.29, 1.82) is 0 Å². The molecule has 0 amide bonds. The minimum atomic E-state index is 0.466. The van der Waals surface area contributed by atoms with Crippen molar-refractivity contribution >= 4 is 43.8 Å². The summed E-state index contributed by atoms with van der Waals surface area (Å²) < 4.78 is 0. The fourth-order valence-electron chi connectivity index (χ4n) is 6.31. The van der Waals surface area contributed by atoms with Crippen LogP contribution in [-0.4, -0.2) is 9.97 Å². The Bertz CT molecular complexity index is 2510. The summed E-state index contributed by atoms with van der Waals surface area (Å²) in [6, 6.07) is 49.3. The van der Waals surface area contributed by atoms with E-state index in [1.807, 2.05) is 24.3 Å². The maximum atomic E-state index is 7.42. The minimum Gasteiger partial charge on any atom is -0.239 e. The van der Waals surface area contributed by atoms with Crippen molar-refractivity contribution in [3.8, 4) is 44.9 Å². The fraction of sp³-hybridized carbons (Fsp3) is 0. The first-order valence-electron chi connectivity index (χ1n) is 15.0. The fourth-order valence-corrected chi connectivity index (χ4v) is 6.31. The molecule has 0 aliphatic rings. The Morgan fingerprint density at radius 2 is 1.00 bits per heavy atom. The molecule has 0 aliphatic heterocycles. The molecule has 8 rings (SSSR count). The van der Waals surface area contributed by atoms with Gasteiger partial charge in [0.15, 0.2) is 17.2 Å². The summed E-state index contributed by atoms with van der Waals surface area (Å²) in [5, 5.41) is 5.55. The topological polar surface area (TPSA) is 34.5 Å². The van der Waals surface area contributed by atoms with Crippen LogP contribution in [-0.2, 0) is 0 Å². The maximum Gasteiger partial charge on any atom is 0.177 e. The number of para-hydroxylation sites is 1. The molecule has 4 nitrogen and oxygen atoms in total. The lowest BCUT2D eigenvalue weighted by molar-refractivity contribution is 1.24. The van der Waals surface area contributed by atoms with Gasteiger partial charge in [0.2, 0.25) is 0 Å². The molecule has 0 bridgehead atoms. The Morgan fingerprint density at radius 1 is 0.413 bits per heavy atom. The largest absolute Gasteiger partial charge is 0.239 e. The summed E-state index contributed by atoms with van der Waals surface area (Å²) in [6.07, 6.45) is 0. The molecule has 46 heavy (non-hydrogen) atoms. The number of hydrogen-bond donors (Lipinski definition) is 0. The van der Waals surface area contributed by atoms with Crippen LogP contribution in [0.1, 0.15) is 0 Å². The first-order valence-corrected chi connectivity index (χ1v) is 15.0. The Kier molecular flexibility index (Phi) is 6.53. The summed E-state index contributed by atoms with van der Waals surface area (Å²) >= 11 is 0. The molecule has 0 spiro atoms. The van der Waals surface area contributed by atoms with E-state index in [0.717, 1.165) is 66.1 Å². The van der Waals surface area contributed by atoms with Gasteiger partial charge in [-0.1, -0.05) is 133 Å². The van der Waals surface area contributed by atoms with Gasteiger partial charge in [-0.05, 0) is 55.9 Å². The quantitative estimate of drug-likeness (QED) is 0.193. The Labute approximate surface area is 266 Å². The van der Waals surface area contributed by atoms with Crippen LogP contribution in [0.2, 0.25) is 0 Å². The first-order chi connectivity index (χ1) is 22.7. The highest BCUT2D eigenvalue weighted by Gasteiger charge is 2.16. The van der Waals surface area contributed by atoms with Gasteiger partial charge < -0.3 is 0 Å². The summed E-state index contributed by atoms with van der Waals surface area (Å²) in [5.41, 5.74) is 8.84. The van der Waals surface area contributed by atoms with E-state index in [9.17, 15) is 0 Å². The van der Waals surface area contributed by atoms with Crippen molar-refractivity contribution < 1.29 is 0 Å². The second kappa shape index (κ2) is 11.1. The monoisotopic (exact) mass is 584 g/mol. The molecular weight excluding hydrogens is 560 g/mol. The second-order valence-electron chi connectivity index (χ2n) is 11.2. The lowest BCUT2D eigenvalue weighted by Gasteiger charge is -2.14. The molecule has 0 N–H and O–H groups in total. The van der Waals surface area contributed by atoms with Gasteiger partial charge in [-0.2, -0.15) is 0 Å². The number of rotatable bonds is 4. The van der Waals surface area contributed by atoms with Crippen molar-refractivity contribution in [3.63, 3.8) is 0 Å². The molecule has 0 radical (unpaired) electrons. The van der Waals surface area contributed by atoms with E-state index in [1.54, 1.807) is 6.07 Å². The molecule has 0 saturated carbocycles. The third kappa shape index (κ3) is 4.63. The SMILES string of the molecule is [C-]#[N+]c1cc([N+]#[C-])cc(-c2ccc(-c3ccc(-c4nc(-c5cccc6ccccc56)c5ccccc5n4)c4ccccc34)cc2)c1. The minimum absolute atomic E-state index is 0.466. The van der Waals surface area contributed by atoms with Gasteiger partial charge in [-0.15, -0.1) is 0 Å². The van der Waals surface area contributed by atoms with Crippen molar-refractivity contribution in [3.05, 3.63) is 168 Å². The Morgan fingerprint density at radius 3 is 1.74 bits per heavy atom.